The quantitative estimate of drug-likeness (QED) is 0.568. The van der Waals surface area contributed by atoms with Gasteiger partial charge >= 0.3 is 5.97 Å². The highest BCUT2D eigenvalue weighted by Crippen LogP contribution is 2.35. The molecule has 0 bridgehead atoms. The largest absolute Gasteiger partial charge is 0.460 e. The number of benzene rings is 1. The number of ether oxygens (including phenoxy) is 1. The van der Waals surface area contributed by atoms with Gasteiger partial charge in [0, 0.05) is 30.0 Å². The van der Waals surface area contributed by atoms with Gasteiger partial charge in [-0.05, 0) is 18.9 Å². The number of unbranched alkanes of at least 4 members (excludes halogenated alkanes) is 2. The Morgan fingerprint density at radius 2 is 2.00 bits per heavy atom. The molecule has 0 unspecified atom stereocenters. The Morgan fingerprint density at radius 1 is 1.22 bits per heavy atom. The van der Waals surface area contributed by atoms with Gasteiger partial charge in [0.25, 0.3) is 0 Å². The first kappa shape index (κ1) is 17.8. The van der Waals surface area contributed by atoms with Crippen molar-refractivity contribution in [2.75, 3.05) is 6.54 Å². The first-order valence-corrected chi connectivity index (χ1v) is 8.83. The number of amides is 1. The second kappa shape index (κ2) is 8.89. The van der Waals surface area contributed by atoms with Crippen LogP contribution < -0.4 is 5.32 Å². The third-order valence-electron chi connectivity index (χ3n) is 3.40. The van der Waals surface area contributed by atoms with E-state index in [1.54, 1.807) is 11.3 Å². The van der Waals surface area contributed by atoms with Crippen molar-refractivity contribution < 1.29 is 14.3 Å². The number of nitrogens with one attached hydrogen (secondary N) is 1. The van der Waals surface area contributed by atoms with Crippen molar-refractivity contribution >= 4 is 44.9 Å². The highest BCUT2D eigenvalue weighted by atomic mass is 35.5. The van der Waals surface area contributed by atoms with E-state index in [2.05, 4.69) is 5.32 Å². The number of fused-ring (bicyclic) bond motifs is 1. The third kappa shape index (κ3) is 5.52. The summed E-state index contributed by atoms with van der Waals surface area (Å²) >= 11 is 7.87. The molecule has 0 aliphatic heterocycles. The molecule has 0 aliphatic rings. The van der Waals surface area contributed by atoms with E-state index in [4.69, 9.17) is 16.3 Å². The normalized spacial score (nSPS) is 10.7. The Kier molecular flexibility index (Phi) is 6.86. The Morgan fingerprint density at radius 3 is 2.74 bits per heavy atom. The smallest absolute Gasteiger partial charge is 0.306 e. The summed E-state index contributed by atoms with van der Waals surface area (Å²) in [6, 6.07) is 7.88. The number of hydrogen-bond donors (Lipinski definition) is 1. The van der Waals surface area contributed by atoms with Gasteiger partial charge < -0.3 is 10.1 Å². The molecule has 2 aromatic rings. The number of halogens is 1. The average molecular weight is 354 g/mol. The molecule has 4 nitrogen and oxygen atoms in total. The maximum atomic E-state index is 11.8. The Balaban J connectivity index is 1.69. The monoisotopic (exact) mass is 353 g/mol. The van der Waals surface area contributed by atoms with Gasteiger partial charge in [0.15, 0.2) is 0 Å². The van der Waals surface area contributed by atoms with E-state index in [-0.39, 0.29) is 18.5 Å². The summed E-state index contributed by atoms with van der Waals surface area (Å²) in [4.78, 5) is 23.3. The minimum absolute atomic E-state index is 0.0235. The van der Waals surface area contributed by atoms with Crippen LogP contribution in [0.2, 0.25) is 5.02 Å². The van der Waals surface area contributed by atoms with Crippen LogP contribution in [0.1, 0.15) is 37.5 Å². The molecule has 1 aromatic heterocycles. The molecular formula is C17H20ClNO3S. The van der Waals surface area contributed by atoms with Crippen LogP contribution >= 0.6 is 22.9 Å². The molecule has 0 atom stereocenters. The van der Waals surface area contributed by atoms with Crippen molar-refractivity contribution in [1.29, 1.82) is 0 Å². The van der Waals surface area contributed by atoms with E-state index in [1.165, 1.54) is 6.92 Å². The number of rotatable bonds is 8. The summed E-state index contributed by atoms with van der Waals surface area (Å²) in [7, 11) is 0. The molecule has 6 heteroatoms. The van der Waals surface area contributed by atoms with E-state index in [1.807, 2.05) is 24.3 Å². The van der Waals surface area contributed by atoms with Crippen molar-refractivity contribution in [3.63, 3.8) is 0 Å². The van der Waals surface area contributed by atoms with Gasteiger partial charge in [0.1, 0.15) is 6.61 Å². The third-order valence-corrected chi connectivity index (χ3v) is 5.09. The lowest BCUT2D eigenvalue weighted by molar-refractivity contribution is -0.145. The Labute approximate surface area is 144 Å². The van der Waals surface area contributed by atoms with Crippen molar-refractivity contribution in [3.8, 4) is 0 Å². The number of esters is 1. The second-order valence-electron chi connectivity index (χ2n) is 5.29. The van der Waals surface area contributed by atoms with Gasteiger partial charge in [-0.3, -0.25) is 9.59 Å². The van der Waals surface area contributed by atoms with E-state index in [9.17, 15) is 9.59 Å². The fraction of sp³-hybridized carbons (Fsp3) is 0.412. The molecule has 2 rings (SSSR count). The molecule has 1 heterocycles. The summed E-state index contributed by atoms with van der Waals surface area (Å²) < 4.78 is 6.40. The second-order valence-corrected chi connectivity index (χ2v) is 6.80. The van der Waals surface area contributed by atoms with Crippen LogP contribution in [0.25, 0.3) is 10.1 Å². The van der Waals surface area contributed by atoms with Crippen molar-refractivity contribution in [1.82, 2.24) is 5.32 Å². The molecule has 0 radical (unpaired) electrons. The van der Waals surface area contributed by atoms with Crippen LogP contribution in [-0.4, -0.2) is 18.4 Å². The van der Waals surface area contributed by atoms with E-state index >= 15 is 0 Å². The summed E-state index contributed by atoms with van der Waals surface area (Å²) in [5, 5.41) is 4.41. The summed E-state index contributed by atoms with van der Waals surface area (Å²) in [6.45, 7) is 2.38. The van der Waals surface area contributed by atoms with Crippen LogP contribution in [0.15, 0.2) is 24.3 Å². The van der Waals surface area contributed by atoms with Crippen LogP contribution in [0.4, 0.5) is 0 Å². The zero-order valence-corrected chi connectivity index (χ0v) is 14.6. The van der Waals surface area contributed by atoms with Gasteiger partial charge in [-0.1, -0.05) is 36.2 Å². The molecule has 0 saturated heterocycles. The van der Waals surface area contributed by atoms with E-state index < -0.39 is 0 Å². The minimum atomic E-state index is -0.210. The van der Waals surface area contributed by atoms with E-state index in [0.29, 0.717) is 18.0 Å². The van der Waals surface area contributed by atoms with Gasteiger partial charge in [-0.25, -0.2) is 0 Å². The topological polar surface area (TPSA) is 55.4 Å². The molecule has 0 saturated carbocycles. The molecule has 1 aromatic carbocycles. The van der Waals surface area contributed by atoms with Crippen molar-refractivity contribution in [3.05, 3.63) is 34.2 Å². The van der Waals surface area contributed by atoms with Gasteiger partial charge in [-0.15, -0.1) is 11.3 Å². The molecule has 23 heavy (non-hydrogen) atoms. The molecule has 0 fully saturated rings. The van der Waals surface area contributed by atoms with Crippen molar-refractivity contribution in [2.24, 2.45) is 0 Å². The fourth-order valence-corrected chi connectivity index (χ4v) is 3.61. The van der Waals surface area contributed by atoms with Crippen LogP contribution in [-0.2, 0) is 20.9 Å². The summed E-state index contributed by atoms with van der Waals surface area (Å²) in [6.07, 6.45) is 2.91. The zero-order valence-electron chi connectivity index (χ0n) is 13.1. The maximum Gasteiger partial charge on any atom is 0.306 e. The number of hydrogen-bond acceptors (Lipinski definition) is 4. The van der Waals surface area contributed by atoms with Gasteiger partial charge in [0.05, 0.1) is 9.90 Å². The fourth-order valence-electron chi connectivity index (χ4n) is 2.21. The standard InChI is InChI=1S/C17H20ClNO3S/c1-12(20)19-10-6-2-3-9-16(21)22-11-15-17(18)13-7-4-5-8-14(13)23-15/h4-5,7-8H,2-3,6,9-11H2,1H3,(H,19,20). The first-order valence-electron chi connectivity index (χ1n) is 7.64. The number of carbonyl (C=O) groups is 2. The molecule has 0 spiro atoms. The van der Waals surface area contributed by atoms with Crippen LogP contribution in [0, 0.1) is 0 Å². The minimum Gasteiger partial charge on any atom is -0.460 e. The molecule has 0 aliphatic carbocycles. The van der Waals surface area contributed by atoms with Crippen LogP contribution in [0.3, 0.4) is 0 Å². The van der Waals surface area contributed by atoms with Gasteiger partial charge in [-0.2, -0.15) is 0 Å². The maximum absolute atomic E-state index is 11.8. The van der Waals surface area contributed by atoms with Gasteiger partial charge in [0.2, 0.25) is 5.91 Å². The predicted molar refractivity (Wildman–Crippen MR) is 93.8 cm³/mol. The SMILES string of the molecule is CC(=O)NCCCCCC(=O)OCc1sc2ccccc2c1Cl. The Hall–Kier alpha value is -1.59. The summed E-state index contributed by atoms with van der Waals surface area (Å²) in [5.74, 6) is -0.234. The lowest BCUT2D eigenvalue weighted by atomic mass is 10.2. The summed E-state index contributed by atoms with van der Waals surface area (Å²) in [5.41, 5.74) is 0. The first-order chi connectivity index (χ1) is 11.1. The number of thiophene rings is 1. The molecule has 124 valence electrons. The van der Waals surface area contributed by atoms with Crippen molar-refractivity contribution in [2.45, 2.75) is 39.2 Å². The zero-order chi connectivity index (χ0) is 16.7. The van der Waals surface area contributed by atoms with Crippen LogP contribution in [0.5, 0.6) is 0 Å². The molecule has 1 N–H and O–H groups in total. The molecule has 1 amide bonds. The highest BCUT2D eigenvalue weighted by Gasteiger charge is 2.11. The highest BCUT2D eigenvalue weighted by molar-refractivity contribution is 7.19. The predicted octanol–water partition coefficient (Wildman–Crippen LogP) is 4.29. The molecular weight excluding hydrogens is 334 g/mol. The average Bonchev–Trinajstić information content (AvgIpc) is 2.85. The number of carbonyl (C=O) groups excluding carboxylic acids is 2. The lowest BCUT2D eigenvalue weighted by Crippen LogP contribution is -2.20. The lowest BCUT2D eigenvalue weighted by Gasteiger charge is -2.04. The van der Waals surface area contributed by atoms with E-state index in [0.717, 1.165) is 34.2 Å². The Bertz CT molecular complexity index is 684.